The first-order valence-corrected chi connectivity index (χ1v) is 11.2. The van der Waals surface area contributed by atoms with E-state index in [0.29, 0.717) is 0 Å². The van der Waals surface area contributed by atoms with E-state index in [4.69, 9.17) is 21.4 Å². The van der Waals surface area contributed by atoms with E-state index in [0.717, 1.165) is 29.2 Å². The molecule has 0 heterocycles. The summed E-state index contributed by atoms with van der Waals surface area (Å²) in [6.45, 7) is 0.683. The molecule has 0 fully saturated rings. The molecule has 0 aliphatic heterocycles. The number of fused-ring (bicyclic) bond motifs is 3. The number of carbonyl (C=O) groups is 3. The van der Waals surface area contributed by atoms with Crippen molar-refractivity contribution in [2.24, 2.45) is 0 Å². The van der Waals surface area contributed by atoms with E-state index in [9.17, 15) is 19.5 Å². The fraction of sp³-hybridized carbons (Fsp3) is 0.192. The summed E-state index contributed by atoms with van der Waals surface area (Å²) in [6.07, 6.45) is -0.736. The standard InChI is InChI=1S/C26H23ClN2O6/c1-26(34,24(31)32)14-28-23(30)15-10-11-21(27)22(12-15)29-25(33)35-13-20-18-8-4-2-6-16(18)17-7-3-5-9-19(17)20/h2-12,20,34H,13-14H2,1H3,(H,28,30)(H,29,33)(H,31,32). The molecule has 1 aliphatic carbocycles. The lowest BCUT2D eigenvalue weighted by atomic mass is 9.98. The van der Waals surface area contributed by atoms with Crippen LogP contribution < -0.4 is 10.6 Å². The van der Waals surface area contributed by atoms with Crippen LogP contribution in [0, 0.1) is 0 Å². The average Bonchev–Trinajstić information content (AvgIpc) is 3.16. The highest BCUT2D eigenvalue weighted by molar-refractivity contribution is 6.33. The third-order valence-electron chi connectivity index (χ3n) is 5.86. The molecule has 0 saturated heterocycles. The van der Waals surface area contributed by atoms with Gasteiger partial charge in [-0.2, -0.15) is 0 Å². The molecule has 9 heteroatoms. The Balaban J connectivity index is 1.42. The Morgan fingerprint density at radius 2 is 1.60 bits per heavy atom. The van der Waals surface area contributed by atoms with Crippen molar-refractivity contribution in [2.75, 3.05) is 18.5 Å². The number of carbonyl (C=O) groups excluding carboxylic acids is 2. The normalized spacial score (nSPS) is 13.8. The highest BCUT2D eigenvalue weighted by Gasteiger charge is 2.31. The van der Waals surface area contributed by atoms with Crippen molar-refractivity contribution in [1.82, 2.24) is 5.32 Å². The van der Waals surface area contributed by atoms with Gasteiger partial charge in [0.2, 0.25) is 0 Å². The predicted octanol–water partition coefficient (Wildman–Crippen LogP) is 4.27. The van der Waals surface area contributed by atoms with Gasteiger partial charge in [0.15, 0.2) is 5.60 Å². The maximum Gasteiger partial charge on any atom is 0.411 e. The van der Waals surface area contributed by atoms with E-state index in [2.05, 4.69) is 10.6 Å². The summed E-state index contributed by atoms with van der Waals surface area (Å²) in [4.78, 5) is 36.0. The number of amides is 2. The first-order valence-electron chi connectivity index (χ1n) is 10.8. The number of aliphatic hydroxyl groups is 1. The van der Waals surface area contributed by atoms with Gasteiger partial charge in [-0.25, -0.2) is 9.59 Å². The van der Waals surface area contributed by atoms with E-state index < -0.39 is 30.1 Å². The molecular weight excluding hydrogens is 472 g/mol. The molecule has 2 amide bonds. The Kier molecular flexibility index (Phi) is 6.77. The number of ether oxygens (including phenoxy) is 1. The van der Waals surface area contributed by atoms with Crippen LogP contribution in [-0.2, 0) is 9.53 Å². The Morgan fingerprint density at radius 3 is 2.20 bits per heavy atom. The fourth-order valence-electron chi connectivity index (χ4n) is 3.94. The van der Waals surface area contributed by atoms with Gasteiger partial charge in [-0.3, -0.25) is 10.1 Å². The lowest BCUT2D eigenvalue weighted by Gasteiger charge is -2.18. The number of hydrogen-bond donors (Lipinski definition) is 4. The van der Waals surface area contributed by atoms with Crippen molar-refractivity contribution < 1.29 is 29.3 Å². The van der Waals surface area contributed by atoms with E-state index in [1.807, 2.05) is 48.5 Å². The van der Waals surface area contributed by atoms with Gasteiger partial charge < -0.3 is 20.3 Å². The summed E-state index contributed by atoms with van der Waals surface area (Å²) in [5.74, 6) is -2.21. The second-order valence-corrected chi connectivity index (χ2v) is 8.81. The highest BCUT2D eigenvalue weighted by Crippen LogP contribution is 2.44. The van der Waals surface area contributed by atoms with Crippen LogP contribution in [-0.4, -0.2) is 46.9 Å². The summed E-state index contributed by atoms with van der Waals surface area (Å²) in [5.41, 5.74) is 2.53. The third-order valence-corrected chi connectivity index (χ3v) is 6.19. The van der Waals surface area contributed by atoms with Gasteiger partial charge in [-0.1, -0.05) is 60.1 Å². The minimum atomic E-state index is -2.12. The quantitative estimate of drug-likeness (QED) is 0.389. The molecule has 0 spiro atoms. The Labute approximate surface area is 206 Å². The minimum Gasteiger partial charge on any atom is -0.479 e. The number of halogens is 1. The lowest BCUT2D eigenvalue weighted by Crippen LogP contribution is -2.46. The van der Waals surface area contributed by atoms with Gasteiger partial charge in [0.1, 0.15) is 6.61 Å². The van der Waals surface area contributed by atoms with Gasteiger partial charge in [0.25, 0.3) is 5.91 Å². The van der Waals surface area contributed by atoms with Crippen molar-refractivity contribution in [3.63, 3.8) is 0 Å². The predicted molar refractivity (Wildman–Crippen MR) is 131 cm³/mol. The van der Waals surface area contributed by atoms with Crippen molar-refractivity contribution in [3.8, 4) is 11.1 Å². The van der Waals surface area contributed by atoms with E-state index in [-0.39, 0.29) is 28.8 Å². The number of carboxylic acids is 1. The Hall–Kier alpha value is -3.88. The molecule has 4 rings (SSSR count). The van der Waals surface area contributed by atoms with Crippen LogP contribution in [0.2, 0.25) is 5.02 Å². The van der Waals surface area contributed by atoms with Crippen LogP contribution in [0.25, 0.3) is 11.1 Å². The van der Waals surface area contributed by atoms with Crippen LogP contribution in [0.15, 0.2) is 66.7 Å². The van der Waals surface area contributed by atoms with Crippen LogP contribution in [0.3, 0.4) is 0 Å². The molecule has 35 heavy (non-hydrogen) atoms. The Morgan fingerprint density at radius 1 is 1.00 bits per heavy atom. The minimum absolute atomic E-state index is 0.109. The summed E-state index contributed by atoms with van der Waals surface area (Å²) < 4.78 is 5.51. The monoisotopic (exact) mass is 494 g/mol. The van der Waals surface area contributed by atoms with Gasteiger partial charge in [-0.05, 0) is 47.4 Å². The number of hydrogen-bond acceptors (Lipinski definition) is 5. The largest absolute Gasteiger partial charge is 0.479 e. The number of nitrogens with one attached hydrogen (secondary N) is 2. The molecule has 180 valence electrons. The smallest absolute Gasteiger partial charge is 0.411 e. The fourth-order valence-corrected chi connectivity index (χ4v) is 4.10. The SMILES string of the molecule is CC(O)(CNC(=O)c1ccc(Cl)c(NC(=O)OCC2c3ccccc3-c3ccccc32)c1)C(=O)O. The zero-order chi connectivity index (χ0) is 25.2. The van der Waals surface area contributed by atoms with Crippen molar-refractivity contribution in [1.29, 1.82) is 0 Å². The first kappa shape index (κ1) is 24.3. The molecule has 1 unspecified atom stereocenters. The summed E-state index contributed by atoms with van der Waals surface area (Å²) in [5, 5.41) is 23.8. The van der Waals surface area contributed by atoms with Crippen LogP contribution in [0.1, 0.15) is 34.3 Å². The van der Waals surface area contributed by atoms with Crippen LogP contribution in [0.4, 0.5) is 10.5 Å². The lowest BCUT2D eigenvalue weighted by molar-refractivity contribution is -0.155. The topological polar surface area (TPSA) is 125 Å². The second-order valence-electron chi connectivity index (χ2n) is 8.41. The first-order chi connectivity index (χ1) is 16.7. The maximum absolute atomic E-state index is 12.6. The summed E-state index contributed by atoms with van der Waals surface area (Å²) >= 11 is 6.18. The third kappa shape index (κ3) is 5.13. The Bertz CT molecular complexity index is 1260. The van der Waals surface area contributed by atoms with Gasteiger partial charge in [0.05, 0.1) is 17.3 Å². The molecule has 0 radical (unpaired) electrons. The molecule has 0 aromatic heterocycles. The zero-order valence-electron chi connectivity index (χ0n) is 18.7. The molecule has 0 bridgehead atoms. The summed E-state index contributed by atoms with van der Waals surface area (Å²) in [6, 6.07) is 20.1. The molecule has 4 N–H and O–H groups in total. The van der Waals surface area contributed by atoms with Gasteiger partial charge in [0, 0.05) is 11.5 Å². The van der Waals surface area contributed by atoms with Gasteiger partial charge in [-0.15, -0.1) is 0 Å². The van der Waals surface area contributed by atoms with E-state index in [1.54, 1.807) is 0 Å². The van der Waals surface area contributed by atoms with Crippen molar-refractivity contribution in [2.45, 2.75) is 18.4 Å². The zero-order valence-corrected chi connectivity index (χ0v) is 19.5. The number of aliphatic carboxylic acids is 1. The van der Waals surface area contributed by atoms with Crippen LogP contribution in [0.5, 0.6) is 0 Å². The molecule has 3 aromatic carbocycles. The van der Waals surface area contributed by atoms with E-state index in [1.165, 1.54) is 18.2 Å². The van der Waals surface area contributed by atoms with Crippen molar-refractivity contribution >= 4 is 35.3 Å². The van der Waals surface area contributed by atoms with Gasteiger partial charge >= 0.3 is 12.1 Å². The van der Waals surface area contributed by atoms with Crippen LogP contribution >= 0.6 is 11.6 Å². The molecular formula is C26H23ClN2O6. The highest BCUT2D eigenvalue weighted by atomic mass is 35.5. The number of benzene rings is 3. The molecule has 8 nitrogen and oxygen atoms in total. The number of rotatable bonds is 7. The molecule has 0 saturated carbocycles. The maximum atomic E-state index is 12.6. The number of anilines is 1. The number of carboxylic acid groups (broad SMARTS) is 1. The molecule has 1 aliphatic rings. The van der Waals surface area contributed by atoms with E-state index >= 15 is 0 Å². The van der Waals surface area contributed by atoms with Crippen molar-refractivity contribution in [3.05, 3.63) is 88.4 Å². The second kappa shape index (κ2) is 9.77. The summed E-state index contributed by atoms with van der Waals surface area (Å²) in [7, 11) is 0. The average molecular weight is 495 g/mol. The molecule has 1 atom stereocenters. The molecule has 3 aromatic rings.